The van der Waals surface area contributed by atoms with E-state index < -0.39 is 21.0 Å². The van der Waals surface area contributed by atoms with Crippen LogP contribution in [0.2, 0.25) is 0 Å². The van der Waals surface area contributed by atoms with E-state index in [-0.39, 0.29) is 22.0 Å². The highest BCUT2D eigenvalue weighted by Crippen LogP contribution is 2.66. The van der Waals surface area contributed by atoms with E-state index in [9.17, 15) is 18.0 Å². The molecule has 0 spiro atoms. The first-order valence-corrected chi connectivity index (χ1v) is 12.3. The number of sulfonamides is 1. The lowest BCUT2D eigenvalue weighted by atomic mass is 9.43. The van der Waals surface area contributed by atoms with E-state index >= 15 is 0 Å². The number of carbonyl (C=O) groups is 2. The molecule has 1 aromatic rings. The molecule has 1 aromatic carbocycles. The fourth-order valence-corrected chi connectivity index (χ4v) is 8.46. The van der Waals surface area contributed by atoms with Crippen molar-refractivity contribution in [3.63, 3.8) is 0 Å². The fraction of sp³-hybridized carbons (Fsp3) is 0.652. The largest absolute Gasteiger partial charge is 0.369 e. The Morgan fingerprint density at radius 2 is 1.73 bits per heavy atom. The molecule has 2 unspecified atom stereocenters. The SMILES string of the molecule is Cc1ccccc1S(=O)(=O)NC(C)(C)C(=O)CC12CC3CC(C1)CC(C(N)=O)(C3)C2. The molecule has 3 N–H and O–H groups in total. The Balaban J connectivity index is 1.55. The average Bonchev–Trinajstić information content (AvgIpc) is 2.59. The van der Waals surface area contributed by atoms with Crippen molar-refractivity contribution in [2.24, 2.45) is 28.4 Å². The van der Waals surface area contributed by atoms with Gasteiger partial charge in [-0.15, -0.1) is 0 Å². The van der Waals surface area contributed by atoms with Gasteiger partial charge < -0.3 is 5.73 Å². The normalized spacial score (nSPS) is 32.9. The van der Waals surface area contributed by atoms with Crippen molar-refractivity contribution in [3.8, 4) is 0 Å². The van der Waals surface area contributed by atoms with Gasteiger partial charge in [0.2, 0.25) is 15.9 Å². The summed E-state index contributed by atoms with van der Waals surface area (Å²) in [5.74, 6) is 0.533. The maximum Gasteiger partial charge on any atom is 0.241 e. The quantitative estimate of drug-likeness (QED) is 0.690. The first-order chi connectivity index (χ1) is 13.9. The summed E-state index contributed by atoms with van der Waals surface area (Å²) in [6.45, 7) is 5.01. The van der Waals surface area contributed by atoms with Crippen LogP contribution >= 0.6 is 0 Å². The Morgan fingerprint density at radius 3 is 2.30 bits per heavy atom. The molecule has 6 nitrogen and oxygen atoms in total. The number of hydrogen-bond acceptors (Lipinski definition) is 4. The Kier molecular flexibility index (Phi) is 4.94. The molecule has 0 heterocycles. The molecule has 2 atom stereocenters. The highest BCUT2D eigenvalue weighted by atomic mass is 32.2. The number of Topliss-reactive ketones (excluding diaryl/α,β-unsaturated/α-hetero) is 1. The third-order valence-corrected chi connectivity index (χ3v) is 9.53. The molecule has 7 heteroatoms. The molecule has 4 fully saturated rings. The van der Waals surface area contributed by atoms with Crippen molar-refractivity contribution >= 4 is 21.7 Å². The molecular formula is C23H32N2O4S. The summed E-state index contributed by atoms with van der Waals surface area (Å²) in [5, 5.41) is 0. The molecule has 5 rings (SSSR count). The molecular weight excluding hydrogens is 400 g/mol. The van der Waals surface area contributed by atoms with E-state index in [1.807, 2.05) is 0 Å². The lowest BCUT2D eigenvalue weighted by Gasteiger charge is -2.61. The van der Waals surface area contributed by atoms with Crippen molar-refractivity contribution in [2.75, 3.05) is 0 Å². The molecule has 4 saturated carbocycles. The maximum absolute atomic E-state index is 13.4. The number of aryl methyl sites for hydroxylation is 1. The Bertz CT molecular complexity index is 984. The van der Waals surface area contributed by atoms with E-state index in [0.29, 0.717) is 30.2 Å². The van der Waals surface area contributed by atoms with Gasteiger partial charge in [-0.1, -0.05) is 18.2 Å². The minimum Gasteiger partial charge on any atom is -0.369 e. The van der Waals surface area contributed by atoms with E-state index in [1.165, 1.54) is 0 Å². The maximum atomic E-state index is 13.4. The molecule has 4 aliphatic carbocycles. The number of ketones is 1. The van der Waals surface area contributed by atoms with Crippen LogP contribution in [0.4, 0.5) is 0 Å². The number of amides is 1. The topological polar surface area (TPSA) is 106 Å². The van der Waals surface area contributed by atoms with Gasteiger partial charge in [-0.25, -0.2) is 8.42 Å². The zero-order valence-corrected chi connectivity index (χ0v) is 18.8. The van der Waals surface area contributed by atoms with Gasteiger partial charge in [0.05, 0.1) is 15.8 Å². The second-order valence-corrected chi connectivity index (χ2v) is 12.4. The lowest BCUT2D eigenvalue weighted by molar-refractivity contribution is -0.158. The van der Waals surface area contributed by atoms with Gasteiger partial charge in [0.25, 0.3) is 0 Å². The first kappa shape index (κ1) is 21.5. The first-order valence-electron chi connectivity index (χ1n) is 10.8. The minimum absolute atomic E-state index is 0.124. The van der Waals surface area contributed by atoms with Crippen LogP contribution in [0.5, 0.6) is 0 Å². The minimum atomic E-state index is -3.83. The van der Waals surface area contributed by atoms with Gasteiger partial charge in [-0.3, -0.25) is 9.59 Å². The van der Waals surface area contributed by atoms with Gasteiger partial charge in [0.1, 0.15) is 0 Å². The van der Waals surface area contributed by atoms with Crippen LogP contribution in [0.25, 0.3) is 0 Å². The summed E-state index contributed by atoms with van der Waals surface area (Å²) in [6.07, 6.45) is 5.63. The highest BCUT2D eigenvalue weighted by molar-refractivity contribution is 7.89. The smallest absolute Gasteiger partial charge is 0.241 e. The van der Waals surface area contributed by atoms with Crippen molar-refractivity contribution < 1.29 is 18.0 Å². The van der Waals surface area contributed by atoms with Crippen LogP contribution in [-0.2, 0) is 19.6 Å². The summed E-state index contributed by atoms with van der Waals surface area (Å²) in [6, 6.07) is 6.75. The van der Waals surface area contributed by atoms with Crippen LogP contribution in [0.15, 0.2) is 29.2 Å². The van der Waals surface area contributed by atoms with Gasteiger partial charge in [-0.2, -0.15) is 4.72 Å². The van der Waals surface area contributed by atoms with Crippen molar-refractivity contribution in [3.05, 3.63) is 29.8 Å². The zero-order valence-electron chi connectivity index (χ0n) is 18.0. The summed E-state index contributed by atoms with van der Waals surface area (Å²) in [7, 11) is -3.83. The van der Waals surface area contributed by atoms with E-state index in [1.54, 1.807) is 45.0 Å². The molecule has 0 aliphatic heterocycles. The molecule has 4 bridgehead atoms. The molecule has 0 radical (unpaired) electrons. The number of rotatable bonds is 7. The van der Waals surface area contributed by atoms with Crippen molar-refractivity contribution in [2.45, 2.75) is 76.2 Å². The monoisotopic (exact) mass is 432 g/mol. The van der Waals surface area contributed by atoms with Crippen LogP contribution in [-0.4, -0.2) is 25.6 Å². The average molecular weight is 433 g/mol. The molecule has 30 heavy (non-hydrogen) atoms. The number of hydrogen-bond donors (Lipinski definition) is 2. The second-order valence-electron chi connectivity index (χ2n) is 10.7. The summed E-state index contributed by atoms with van der Waals surface area (Å²) >= 11 is 0. The van der Waals surface area contributed by atoms with Gasteiger partial charge in [0, 0.05) is 6.42 Å². The zero-order chi connectivity index (χ0) is 21.9. The third-order valence-electron chi connectivity index (χ3n) is 7.71. The molecule has 0 aromatic heterocycles. The standard InChI is InChI=1S/C23H32N2O4S/c1-15-6-4-5-7-18(15)30(28,29)25-21(2,3)19(26)13-22-9-16-8-17(10-22)12-23(11-16,14-22)20(24)27/h4-7,16-17,25H,8-14H2,1-3H3,(H2,24,27). The number of nitrogens with one attached hydrogen (secondary N) is 1. The van der Waals surface area contributed by atoms with Gasteiger partial charge >= 0.3 is 0 Å². The summed E-state index contributed by atoms with van der Waals surface area (Å²) in [5.41, 5.74) is 4.51. The fourth-order valence-electron chi connectivity index (χ4n) is 6.81. The molecule has 1 amide bonds. The number of carbonyl (C=O) groups excluding carboxylic acids is 2. The predicted molar refractivity (Wildman–Crippen MR) is 114 cm³/mol. The number of benzene rings is 1. The Hall–Kier alpha value is -1.73. The second kappa shape index (κ2) is 6.89. The van der Waals surface area contributed by atoms with Crippen LogP contribution in [0.1, 0.15) is 64.4 Å². The molecule has 4 aliphatic rings. The van der Waals surface area contributed by atoms with E-state index in [4.69, 9.17) is 5.73 Å². The predicted octanol–water partition coefficient (Wildman–Crippen LogP) is 3.08. The van der Waals surface area contributed by atoms with Gasteiger partial charge in [0.15, 0.2) is 5.78 Å². The number of nitrogens with two attached hydrogens (primary N) is 1. The van der Waals surface area contributed by atoms with E-state index in [2.05, 4.69) is 4.72 Å². The van der Waals surface area contributed by atoms with Crippen LogP contribution < -0.4 is 10.5 Å². The Morgan fingerprint density at radius 1 is 1.13 bits per heavy atom. The lowest BCUT2D eigenvalue weighted by Crippen LogP contribution is -2.58. The number of primary amides is 1. The third kappa shape index (κ3) is 3.60. The van der Waals surface area contributed by atoms with E-state index in [0.717, 1.165) is 32.1 Å². The van der Waals surface area contributed by atoms with Crippen LogP contribution in [0, 0.1) is 29.6 Å². The van der Waals surface area contributed by atoms with Crippen LogP contribution in [0.3, 0.4) is 0 Å². The van der Waals surface area contributed by atoms with Crippen molar-refractivity contribution in [1.82, 2.24) is 4.72 Å². The summed E-state index contributed by atoms with van der Waals surface area (Å²) < 4.78 is 28.5. The van der Waals surface area contributed by atoms with Crippen molar-refractivity contribution in [1.29, 1.82) is 0 Å². The Labute approximate surface area is 179 Å². The highest BCUT2D eigenvalue weighted by Gasteiger charge is 2.60. The summed E-state index contributed by atoms with van der Waals surface area (Å²) in [4.78, 5) is 25.9. The molecule has 164 valence electrons. The molecule has 0 saturated heterocycles. The van der Waals surface area contributed by atoms with Gasteiger partial charge in [-0.05, 0) is 88.2 Å².